The van der Waals surface area contributed by atoms with Crippen LogP contribution in [0, 0.1) is 5.92 Å². The molecule has 0 N–H and O–H groups in total. The SMILES string of the molecule is O=C(C1CCCN(Cc2cccc3ccccc23)C1)N1CCN(C/C=C/c2ccccc2)CC1. The monoisotopic (exact) mass is 453 g/mol. The fraction of sp³-hybridized carbons (Fsp3) is 0.367. The van der Waals surface area contributed by atoms with Crippen LogP contribution in [0.25, 0.3) is 16.8 Å². The van der Waals surface area contributed by atoms with Crippen LogP contribution in [0.1, 0.15) is 24.0 Å². The van der Waals surface area contributed by atoms with E-state index >= 15 is 0 Å². The van der Waals surface area contributed by atoms with Gasteiger partial charge in [0.05, 0.1) is 5.92 Å². The van der Waals surface area contributed by atoms with Crippen LogP contribution < -0.4 is 0 Å². The van der Waals surface area contributed by atoms with Gasteiger partial charge in [0.15, 0.2) is 0 Å². The topological polar surface area (TPSA) is 26.8 Å². The molecule has 176 valence electrons. The van der Waals surface area contributed by atoms with Crippen molar-refractivity contribution in [3.63, 3.8) is 0 Å². The number of hydrogen-bond acceptors (Lipinski definition) is 3. The molecule has 2 aliphatic heterocycles. The predicted octanol–water partition coefficient (Wildman–Crippen LogP) is 4.91. The molecule has 0 aliphatic carbocycles. The van der Waals surface area contributed by atoms with E-state index in [2.05, 4.69) is 93.6 Å². The fourth-order valence-corrected chi connectivity index (χ4v) is 5.38. The van der Waals surface area contributed by atoms with Crippen molar-refractivity contribution in [2.75, 3.05) is 45.8 Å². The second kappa shape index (κ2) is 11.0. The van der Waals surface area contributed by atoms with Crippen LogP contribution in [-0.4, -0.2) is 66.4 Å². The third kappa shape index (κ3) is 5.57. The maximum Gasteiger partial charge on any atom is 0.227 e. The van der Waals surface area contributed by atoms with Gasteiger partial charge in [0.25, 0.3) is 0 Å². The molecule has 1 unspecified atom stereocenters. The van der Waals surface area contributed by atoms with E-state index in [0.29, 0.717) is 5.91 Å². The molecular formula is C30H35N3O. The first-order valence-corrected chi connectivity index (χ1v) is 12.7. The van der Waals surface area contributed by atoms with Gasteiger partial charge in [0.1, 0.15) is 0 Å². The van der Waals surface area contributed by atoms with Crippen LogP contribution in [-0.2, 0) is 11.3 Å². The fourth-order valence-electron chi connectivity index (χ4n) is 5.38. The lowest BCUT2D eigenvalue weighted by Gasteiger charge is -2.39. The summed E-state index contributed by atoms with van der Waals surface area (Å²) in [5.74, 6) is 0.496. The minimum Gasteiger partial charge on any atom is -0.340 e. The Morgan fingerprint density at radius 2 is 1.59 bits per heavy atom. The molecule has 2 saturated heterocycles. The van der Waals surface area contributed by atoms with E-state index in [1.165, 1.54) is 21.9 Å². The van der Waals surface area contributed by atoms with Gasteiger partial charge in [0.2, 0.25) is 5.91 Å². The highest BCUT2D eigenvalue weighted by atomic mass is 16.2. The number of fused-ring (bicyclic) bond motifs is 1. The van der Waals surface area contributed by atoms with Crippen LogP contribution >= 0.6 is 0 Å². The van der Waals surface area contributed by atoms with E-state index in [1.54, 1.807) is 0 Å². The Labute approximate surface area is 203 Å². The number of nitrogens with zero attached hydrogens (tertiary/aromatic N) is 3. The van der Waals surface area contributed by atoms with Crippen molar-refractivity contribution < 1.29 is 4.79 Å². The highest BCUT2D eigenvalue weighted by Gasteiger charge is 2.31. The molecule has 2 fully saturated rings. The Bertz CT molecular complexity index is 1110. The first-order chi connectivity index (χ1) is 16.8. The third-order valence-electron chi connectivity index (χ3n) is 7.29. The molecule has 0 bridgehead atoms. The zero-order valence-corrected chi connectivity index (χ0v) is 20.0. The first kappa shape index (κ1) is 22.8. The molecule has 2 heterocycles. The number of carbonyl (C=O) groups excluding carboxylic acids is 1. The van der Waals surface area contributed by atoms with Gasteiger partial charge in [-0.05, 0) is 41.3 Å². The minimum absolute atomic E-state index is 0.133. The van der Waals surface area contributed by atoms with Crippen molar-refractivity contribution in [3.05, 3.63) is 90.0 Å². The molecule has 3 aromatic carbocycles. The molecule has 1 atom stereocenters. The highest BCUT2D eigenvalue weighted by Crippen LogP contribution is 2.24. The second-order valence-electron chi connectivity index (χ2n) is 9.65. The molecule has 0 aromatic heterocycles. The Hall–Kier alpha value is -2.95. The van der Waals surface area contributed by atoms with Crippen molar-refractivity contribution in [2.24, 2.45) is 5.92 Å². The maximum atomic E-state index is 13.3. The van der Waals surface area contributed by atoms with Crippen LogP contribution in [0.4, 0.5) is 0 Å². The van der Waals surface area contributed by atoms with E-state index in [0.717, 1.165) is 65.2 Å². The van der Waals surface area contributed by atoms with Gasteiger partial charge in [0, 0.05) is 45.8 Å². The molecule has 2 aliphatic rings. The van der Waals surface area contributed by atoms with E-state index in [1.807, 2.05) is 6.07 Å². The molecule has 0 radical (unpaired) electrons. The quantitative estimate of drug-likeness (QED) is 0.531. The van der Waals surface area contributed by atoms with Gasteiger partial charge in [-0.2, -0.15) is 0 Å². The zero-order valence-electron chi connectivity index (χ0n) is 20.0. The molecule has 3 aromatic rings. The Kier molecular flexibility index (Phi) is 7.37. The second-order valence-corrected chi connectivity index (χ2v) is 9.65. The standard InChI is InChI=1S/C30H35N3O/c34-30(33-21-19-31(20-22-33)17-7-11-25-9-2-1-3-10-25)28-15-8-18-32(24-28)23-27-14-6-13-26-12-4-5-16-29(26)27/h1-7,9-14,16,28H,8,15,17-24H2/b11-7+. The average molecular weight is 454 g/mol. The normalized spacial score (nSPS) is 20.2. The van der Waals surface area contributed by atoms with Gasteiger partial charge in [-0.3, -0.25) is 14.6 Å². The predicted molar refractivity (Wildman–Crippen MR) is 140 cm³/mol. The Morgan fingerprint density at radius 3 is 2.44 bits per heavy atom. The Morgan fingerprint density at radius 1 is 0.824 bits per heavy atom. The first-order valence-electron chi connectivity index (χ1n) is 12.7. The number of rotatable bonds is 6. The molecule has 34 heavy (non-hydrogen) atoms. The summed E-state index contributed by atoms with van der Waals surface area (Å²) >= 11 is 0. The molecule has 4 nitrogen and oxygen atoms in total. The summed E-state index contributed by atoms with van der Waals surface area (Å²) in [5.41, 5.74) is 2.60. The summed E-state index contributed by atoms with van der Waals surface area (Å²) in [6, 6.07) is 25.6. The number of likely N-dealkylation sites (tertiary alicyclic amines) is 1. The van der Waals surface area contributed by atoms with Crippen LogP contribution in [0.15, 0.2) is 78.9 Å². The lowest BCUT2D eigenvalue weighted by molar-refractivity contribution is -0.139. The highest BCUT2D eigenvalue weighted by molar-refractivity contribution is 5.85. The number of carbonyl (C=O) groups is 1. The van der Waals surface area contributed by atoms with Crippen molar-refractivity contribution in [2.45, 2.75) is 19.4 Å². The molecule has 0 saturated carbocycles. The van der Waals surface area contributed by atoms with Gasteiger partial charge in [-0.1, -0.05) is 84.9 Å². The minimum atomic E-state index is 0.133. The van der Waals surface area contributed by atoms with E-state index in [4.69, 9.17) is 0 Å². The van der Waals surface area contributed by atoms with E-state index in [9.17, 15) is 4.79 Å². The van der Waals surface area contributed by atoms with Crippen LogP contribution in [0.3, 0.4) is 0 Å². The number of piperidine rings is 1. The van der Waals surface area contributed by atoms with E-state index in [-0.39, 0.29) is 5.92 Å². The molecule has 1 amide bonds. The van der Waals surface area contributed by atoms with Crippen LogP contribution in [0.5, 0.6) is 0 Å². The molecular weight excluding hydrogens is 418 g/mol. The smallest absolute Gasteiger partial charge is 0.227 e. The maximum absolute atomic E-state index is 13.3. The molecule has 0 spiro atoms. The van der Waals surface area contributed by atoms with Crippen LogP contribution in [0.2, 0.25) is 0 Å². The Balaban J connectivity index is 1.12. The van der Waals surface area contributed by atoms with Gasteiger partial charge in [-0.15, -0.1) is 0 Å². The molecule has 4 heteroatoms. The lowest BCUT2D eigenvalue weighted by atomic mass is 9.95. The average Bonchev–Trinajstić information content (AvgIpc) is 2.90. The van der Waals surface area contributed by atoms with Gasteiger partial charge < -0.3 is 4.90 Å². The van der Waals surface area contributed by atoms with Crippen molar-refractivity contribution in [1.29, 1.82) is 0 Å². The number of amides is 1. The summed E-state index contributed by atoms with van der Waals surface area (Å²) in [6.45, 7) is 7.42. The van der Waals surface area contributed by atoms with Crippen molar-refractivity contribution in [1.82, 2.24) is 14.7 Å². The number of piperazine rings is 1. The number of hydrogen-bond donors (Lipinski definition) is 0. The summed E-state index contributed by atoms with van der Waals surface area (Å²) in [4.78, 5) is 20.4. The van der Waals surface area contributed by atoms with Gasteiger partial charge >= 0.3 is 0 Å². The zero-order chi connectivity index (χ0) is 23.2. The summed E-state index contributed by atoms with van der Waals surface area (Å²) in [5, 5.41) is 2.62. The summed E-state index contributed by atoms with van der Waals surface area (Å²) in [7, 11) is 0. The van der Waals surface area contributed by atoms with E-state index < -0.39 is 0 Å². The number of benzene rings is 3. The van der Waals surface area contributed by atoms with Crippen molar-refractivity contribution >= 4 is 22.8 Å². The molecule has 5 rings (SSSR count). The van der Waals surface area contributed by atoms with Crippen molar-refractivity contribution in [3.8, 4) is 0 Å². The summed E-state index contributed by atoms with van der Waals surface area (Å²) in [6.07, 6.45) is 6.54. The largest absolute Gasteiger partial charge is 0.340 e. The summed E-state index contributed by atoms with van der Waals surface area (Å²) < 4.78 is 0. The lowest BCUT2D eigenvalue weighted by Crippen LogP contribution is -2.52. The third-order valence-corrected chi connectivity index (χ3v) is 7.29. The van der Waals surface area contributed by atoms with Gasteiger partial charge in [-0.25, -0.2) is 0 Å².